The Labute approximate surface area is 198 Å². The first-order chi connectivity index (χ1) is 16.1. The second kappa shape index (κ2) is 10.9. The van der Waals surface area contributed by atoms with Crippen molar-refractivity contribution >= 4 is 29.5 Å². The van der Waals surface area contributed by atoms with Gasteiger partial charge in [-0.05, 0) is 36.2 Å². The van der Waals surface area contributed by atoms with Crippen LogP contribution >= 0.6 is 11.8 Å². The van der Waals surface area contributed by atoms with Crippen LogP contribution in [0.3, 0.4) is 0 Å². The Morgan fingerprint density at radius 1 is 1.12 bits per heavy atom. The predicted molar refractivity (Wildman–Crippen MR) is 128 cm³/mol. The molecule has 2 N–H and O–H groups in total. The van der Waals surface area contributed by atoms with E-state index >= 15 is 0 Å². The summed E-state index contributed by atoms with van der Waals surface area (Å²) in [6.07, 6.45) is 0.588. The summed E-state index contributed by atoms with van der Waals surface area (Å²) in [7, 11) is 0. The molecule has 8 heteroatoms. The van der Waals surface area contributed by atoms with Gasteiger partial charge in [-0.1, -0.05) is 37.3 Å². The van der Waals surface area contributed by atoms with E-state index in [4.69, 9.17) is 4.74 Å². The average molecular weight is 468 g/mol. The summed E-state index contributed by atoms with van der Waals surface area (Å²) in [6.45, 7) is 4.85. The summed E-state index contributed by atoms with van der Waals surface area (Å²) in [6, 6.07) is 13.2. The molecule has 1 atom stereocenters. The molecule has 0 aliphatic carbocycles. The zero-order valence-electron chi connectivity index (χ0n) is 18.8. The van der Waals surface area contributed by atoms with Gasteiger partial charge in [0.05, 0.1) is 6.54 Å². The van der Waals surface area contributed by atoms with Crippen molar-refractivity contribution in [2.24, 2.45) is 0 Å². The van der Waals surface area contributed by atoms with E-state index in [0.29, 0.717) is 30.9 Å². The number of imide groups is 1. The number of hydrogen-bond acceptors (Lipinski definition) is 6. The fraction of sp³-hybridized carbons (Fsp3) is 0.400. The van der Waals surface area contributed by atoms with Gasteiger partial charge in [0.2, 0.25) is 11.8 Å². The van der Waals surface area contributed by atoms with Crippen LogP contribution in [-0.2, 0) is 28.5 Å². The minimum Gasteiger partial charge on any atom is -0.489 e. The molecule has 1 saturated heterocycles. The minimum absolute atomic E-state index is 0.194. The monoisotopic (exact) mass is 467 g/mol. The van der Waals surface area contributed by atoms with Crippen molar-refractivity contribution in [1.82, 2.24) is 15.5 Å². The molecule has 0 aromatic heterocycles. The van der Waals surface area contributed by atoms with Crippen LogP contribution in [0.25, 0.3) is 0 Å². The standard InChI is InChI=1S/C25H29N3O4S/c1-2-26-12-13-33-16-18-8-6-17(7-9-18)15-32-22-5-3-4-19-20(22)14-28(25(19)31)21-10-11-23(29)27-24(21)30/h3-9,21,26H,2,10-16H2,1H3,(H,27,29,30). The maximum atomic E-state index is 12.9. The van der Waals surface area contributed by atoms with E-state index in [1.807, 2.05) is 17.8 Å². The van der Waals surface area contributed by atoms with Crippen molar-refractivity contribution in [3.8, 4) is 5.75 Å². The van der Waals surface area contributed by atoms with Gasteiger partial charge in [0.15, 0.2) is 0 Å². The van der Waals surface area contributed by atoms with Gasteiger partial charge in [0.1, 0.15) is 18.4 Å². The van der Waals surface area contributed by atoms with Gasteiger partial charge < -0.3 is 15.0 Å². The maximum absolute atomic E-state index is 12.9. The SMILES string of the molecule is CCNCCSCc1ccc(COc2cccc3c2CN(C2CCC(=O)NC2=O)C3=O)cc1. The first-order valence-electron chi connectivity index (χ1n) is 11.3. The lowest BCUT2D eigenvalue weighted by Gasteiger charge is -2.29. The Balaban J connectivity index is 1.35. The number of ether oxygens (including phenoxy) is 1. The van der Waals surface area contributed by atoms with Crippen LogP contribution in [0.1, 0.15) is 46.8 Å². The third-order valence-electron chi connectivity index (χ3n) is 5.90. The van der Waals surface area contributed by atoms with Gasteiger partial charge in [-0.3, -0.25) is 19.7 Å². The maximum Gasteiger partial charge on any atom is 0.255 e. The third-order valence-corrected chi connectivity index (χ3v) is 6.93. The molecule has 0 spiro atoms. The Bertz CT molecular complexity index is 1020. The molecule has 4 rings (SSSR count). The largest absolute Gasteiger partial charge is 0.489 e. The molecular weight excluding hydrogens is 438 g/mol. The van der Waals surface area contributed by atoms with Gasteiger partial charge in [-0.2, -0.15) is 11.8 Å². The van der Waals surface area contributed by atoms with Gasteiger partial charge >= 0.3 is 0 Å². The molecule has 1 fully saturated rings. The van der Waals surface area contributed by atoms with E-state index in [0.717, 1.165) is 35.7 Å². The second-order valence-electron chi connectivity index (χ2n) is 8.19. The Hall–Kier alpha value is -2.84. The number of carbonyl (C=O) groups excluding carboxylic acids is 3. The number of fused-ring (bicyclic) bond motifs is 1. The van der Waals surface area contributed by atoms with Gasteiger partial charge in [-0.25, -0.2) is 0 Å². The topological polar surface area (TPSA) is 87.7 Å². The lowest BCUT2D eigenvalue weighted by Crippen LogP contribution is -2.52. The first kappa shape index (κ1) is 23.3. The van der Waals surface area contributed by atoms with Crippen LogP contribution in [0.4, 0.5) is 0 Å². The predicted octanol–water partition coefficient (Wildman–Crippen LogP) is 2.87. The number of amides is 3. The van der Waals surface area contributed by atoms with Crippen LogP contribution in [0.2, 0.25) is 0 Å². The highest BCUT2D eigenvalue weighted by molar-refractivity contribution is 7.98. The van der Waals surface area contributed by atoms with E-state index in [-0.39, 0.29) is 18.2 Å². The number of nitrogens with one attached hydrogen (secondary N) is 2. The molecule has 0 radical (unpaired) electrons. The summed E-state index contributed by atoms with van der Waals surface area (Å²) in [5, 5.41) is 5.66. The van der Waals surface area contributed by atoms with Crippen LogP contribution in [0.5, 0.6) is 5.75 Å². The first-order valence-corrected chi connectivity index (χ1v) is 12.5. The van der Waals surface area contributed by atoms with Crippen LogP contribution in [0.15, 0.2) is 42.5 Å². The van der Waals surface area contributed by atoms with E-state index in [1.165, 1.54) is 5.56 Å². The number of nitrogens with zero attached hydrogens (tertiary/aromatic N) is 1. The summed E-state index contributed by atoms with van der Waals surface area (Å²) < 4.78 is 6.08. The van der Waals surface area contributed by atoms with Crippen molar-refractivity contribution in [2.75, 3.05) is 18.8 Å². The van der Waals surface area contributed by atoms with Crippen molar-refractivity contribution < 1.29 is 19.1 Å². The molecule has 33 heavy (non-hydrogen) atoms. The van der Waals surface area contributed by atoms with Crippen molar-refractivity contribution in [3.63, 3.8) is 0 Å². The molecule has 2 aliphatic rings. The highest BCUT2D eigenvalue weighted by Gasteiger charge is 2.40. The molecule has 0 saturated carbocycles. The lowest BCUT2D eigenvalue weighted by atomic mass is 10.0. The molecule has 7 nitrogen and oxygen atoms in total. The number of thioether (sulfide) groups is 1. The molecular formula is C25H29N3O4S. The third kappa shape index (κ3) is 5.57. The van der Waals surface area contributed by atoms with E-state index < -0.39 is 11.9 Å². The fourth-order valence-corrected chi connectivity index (χ4v) is 4.96. The van der Waals surface area contributed by atoms with Crippen LogP contribution in [0, 0.1) is 0 Å². The Morgan fingerprint density at radius 2 is 1.91 bits per heavy atom. The molecule has 2 heterocycles. The zero-order chi connectivity index (χ0) is 23.2. The number of rotatable bonds is 10. The van der Waals surface area contributed by atoms with Gasteiger partial charge in [0.25, 0.3) is 5.91 Å². The lowest BCUT2D eigenvalue weighted by molar-refractivity contribution is -0.136. The Morgan fingerprint density at radius 3 is 2.67 bits per heavy atom. The molecule has 2 aromatic carbocycles. The molecule has 3 amide bonds. The minimum atomic E-state index is -0.626. The van der Waals surface area contributed by atoms with Crippen molar-refractivity contribution in [3.05, 3.63) is 64.7 Å². The molecule has 2 aromatic rings. The Kier molecular flexibility index (Phi) is 7.67. The summed E-state index contributed by atoms with van der Waals surface area (Å²) >= 11 is 1.91. The molecule has 1 unspecified atom stereocenters. The fourth-order valence-electron chi connectivity index (χ4n) is 4.10. The smallest absolute Gasteiger partial charge is 0.255 e. The van der Waals surface area contributed by atoms with E-state index in [2.05, 4.69) is 41.8 Å². The summed E-state index contributed by atoms with van der Waals surface area (Å²) in [5.74, 6) is 1.83. The van der Waals surface area contributed by atoms with Crippen molar-refractivity contribution in [2.45, 2.75) is 44.7 Å². The van der Waals surface area contributed by atoms with Gasteiger partial charge in [0, 0.05) is 35.6 Å². The summed E-state index contributed by atoms with van der Waals surface area (Å²) in [5.41, 5.74) is 3.69. The van der Waals surface area contributed by atoms with Crippen molar-refractivity contribution in [1.29, 1.82) is 0 Å². The second-order valence-corrected chi connectivity index (χ2v) is 9.30. The van der Waals surface area contributed by atoms with Crippen LogP contribution in [-0.4, -0.2) is 47.5 Å². The number of piperidine rings is 1. The highest BCUT2D eigenvalue weighted by atomic mass is 32.2. The van der Waals surface area contributed by atoms with Gasteiger partial charge in [-0.15, -0.1) is 0 Å². The normalized spacial score (nSPS) is 17.8. The average Bonchev–Trinajstić information content (AvgIpc) is 3.15. The zero-order valence-corrected chi connectivity index (χ0v) is 19.6. The molecule has 2 aliphatic heterocycles. The molecule has 0 bridgehead atoms. The number of hydrogen-bond donors (Lipinski definition) is 2. The summed E-state index contributed by atoms with van der Waals surface area (Å²) in [4.78, 5) is 38.2. The quantitative estimate of drug-likeness (QED) is 0.413. The number of carbonyl (C=O) groups is 3. The van der Waals surface area contributed by atoms with E-state index in [1.54, 1.807) is 17.0 Å². The van der Waals surface area contributed by atoms with E-state index in [9.17, 15) is 14.4 Å². The van der Waals surface area contributed by atoms with Crippen LogP contribution < -0.4 is 15.4 Å². The molecule has 174 valence electrons. The highest BCUT2D eigenvalue weighted by Crippen LogP contribution is 2.34. The number of benzene rings is 2.